The maximum Gasteiger partial charge on any atom is 0.363 e. The fraction of sp³-hybridized carbons (Fsp3) is 0.200. The third-order valence-electron chi connectivity index (χ3n) is 3.79. The Balaban J connectivity index is 1.88. The van der Waals surface area contributed by atoms with Crippen LogP contribution in [0.25, 0.3) is 6.08 Å². The van der Waals surface area contributed by atoms with Crippen molar-refractivity contribution in [2.45, 2.75) is 26.7 Å². The topological polar surface area (TPSA) is 38.7 Å². The second kappa shape index (κ2) is 6.21. The van der Waals surface area contributed by atoms with Crippen molar-refractivity contribution in [1.29, 1.82) is 0 Å². The molecule has 0 aromatic heterocycles. The van der Waals surface area contributed by atoms with E-state index in [1.807, 2.05) is 43.3 Å². The van der Waals surface area contributed by atoms with Crippen molar-refractivity contribution in [3.63, 3.8) is 0 Å². The summed E-state index contributed by atoms with van der Waals surface area (Å²) in [7, 11) is 0. The lowest BCUT2D eigenvalue weighted by molar-refractivity contribution is -0.129. The summed E-state index contributed by atoms with van der Waals surface area (Å²) in [6.07, 6.45) is 1.76. The molecule has 0 fully saturated rings. The van der Waals surface area contributed by atoms with E-state index in [1.54, 1.807) is 6.08 Å². The van der Waals surface area contributed by atoms with Gasteiger partial charge in [0, 0.05) is 5.56 Å². The molecule has 1 aliphatic rings. The van der Waals surface area contributed by atoms with Crippen molar-refractivity contribution in [2.75, 3.05) is 0 Å². The van der Waals surface area contributed by atoms with Crippen LogP contribution >= 0.6 is 0 Å². The molecule has 0 bridgehead atoms. The van der Waals surface area contributed by atoms with Gasteiger partial charge in [0.2, 0.25) is 5.90 Å². The summed E-state index contributed by atoms with van der Waals surface area (Å²) in [5, 5.41) is 0. The van der Waals surface area contributed by atoms with Crippen LogP contribution in [-0.2, 0) is 9.53 Å². The molecule has 3 nitrogen and oxygen atoms in total. The first-order valence-corrected chi connectivity index (χ1v) is 7.72. The van der Waals surface area contributed by atoms with Gasteiger partial charge in [0.1, 0.15) is 0 Å². The predicted octanol–water partition coefficient (Wildman–Crippen LogP) is 4.46. The largest absolute Gasteiger partial charge is 0.402 e. The van der Waals surface area contributed by atoms with Crippen molar-refractivity contribution in [1.82, 2.24) is 0 Å². The van der Waals surface area contributed by atoms with Crippen molar-refractivity contribution in [2.24, 2.45) is 4.99 Å². The number of hydrogen-bond donors (Lipinski definition) is 0. The number of aliphatic imine (C=N–C) groups is 1. The fourth-order valence-corrected chi connectivity index (χ4v) is 2.45. The lowest BCUT2D eigenvalue weighted by Crippen LogP contribution is -2.05. The Labute approximate surface area is 136 Å². The third kappa shape index (κ3) is 3.39. The summed E-state index contributed by atoms with van der Waals surface area (Å²) in [5.41, 5.74) is 4.46. The van der Waals surface area contributed by atoms with Crippen LogP contribution in [0.1, 0.15) is 42.0 Å². The summed E-state index contributed by atoms with van der Waals surface area (Å²) in [6.45, 7) is 6.30. The summed E-state index contributed by atoms with van der Waals surface area (Å²) in [4.78, 5) is 16.4. The molecule has 0 radical (unpaired) electrons. The number of rotatable bonds is 3. The lowest BCUT2D eigenvalue weighted by atomic mass is 10.0. The Bertz CT molecular complexity index is 799. The number of aryl methyl sites for hydroxylation is 1. The van der Waals surface area contributed by atoms with Crippen LogP contribution in [0.5, 0.6) is 0 Å². The highest BCUT2D eigenvalue weighted by Crippen LogP contribution is 2.21. The molecule has 23 heavy (non-hydrogen) atoms. The van der Waals surface area contributed by atoms with Crippen molar-refractivity contribution in [3.8, 4) is 0 Å². The minimum absolute atomic E-state index is 0.332. The van der Waals surface area contributed by atoms with Gasteiger partial charge >= 0.3 is 5.97 Å². The van der Waals surface area contributed by atoms with Gasteiger partial charge in [-0.1, -0.05) is 55.8 Å². The van der Waals surface area contributed by atoms with E-state index in [9.17, 15) is 4.79 Å². The number of benzene rings is 2. The third-order valence-corrected chi connectivity index (χ3v) is 3.79. The van der Waals surface area contributed by atoms with E-state index >= 15 is 0 Å². The molecule has 0 unspecified atom stereocenters. The molecule has 116 valence electrons. The van der Waals surface area contributed by atoms with E-state index in [0.29, 0.717) is 17.5 Å². The fourth-order valence-electron chi connectivity index (χ4n) is 2.45. The highest BCUT2D eigenvalue weighted by atomic mass is 16.6. The number of carbonyl (C=O) groups is 1. The van der Waals surface area contributed by atoms with Crippen LogP contribution in [0.3, 0.4) is 0 Å². The Kier molecular flexibility index (Phi) is 4.11. The molecule has 2 aromatic rings. The monoisotopic (exact) mass is 305 g/mol. The number of cyclic esters (lactones) is 1. The van der Waals surface area contributed by atoms with Gasteiger partial charge < -0.3 is 4.74 Å². The highest BCUT2D eigenvalue weighted by molar-refractivity contribution is 6.12. The second-order valence-electron chi connectivity index (χ2n) is 6.03. The van der Waals surface area contributed by atoms with E-state index in [2.05, 4.69) is 31.0 Å². The first kappa shape index (κ1) is 15.2. The number of carbonyl (C=O) groups excluding carboxylic acids is 1. The van der Waals surface area contributed by atoms with Crippen molar-refractivity contribution >= 4 is 17.9 Å². The van der Waals surface area contributed by atoms with Crippen LogP contribution in [0.2, 0.25) is 0 Å². The molecule has 0 amide bonds. The van der Waals surface area contributed by atoms with Gasteiger partial charge in [-0.15, -0.1) is 0 Å². The van der Waals surface area contributed by atoms with Crippen LogP contribution < -0.4 is 0 Å². The standard InChI is InChI=1S/C20H19NO2/c1-13(2)16-9-7-15(8-10-16)12-18-20(22)23-19(21-18)17-6-4-5-14(3)11-17/h4-13H,1-3H3. The van der Waals surface area contributed by atoms with Crippen LogP contribution in [-0.4, -0.2) is 11.9 Å². The van der Waals surface area contributed by atoms with Crippen LogP contribution in [0.4, 0.5) is 0 Å². The van der Waals surface area contributed by atoms with Gasteiger partial charge in [0.25, 0.3) is 0 Å². The van der Waals surface area contributed by atoms with E-state index in [1.165, 1.54) is 5.56 Å². The lowest BCUT2D eigenvalue weighted by Gasteiger charge is -2.04. The molecule has 0 N–H and O–H groups in total. The smallest absolute Gasteiger partial charge is 0.363 e. The average molecular weight is 305 g/mol. The van der Waals surface area contributed by atoms with E-state index < -0.39 is 5.97 Å². The summed E-state index contributed by atoms with van der Waals surface area (Å²) in [5.74, 6) is 0.442. The minimum atomic E-state index is -0.408. The zero-order valence-electron chi connectivity index (χ0n) is 13.5. The van der Waals surface area contributed by atoms with Gasteiger partial charge in [-0.3, -0.25) is 0 Å². The Hall–Kier alpha value is -2.68. The Morgan fingerprint density at radius 1 is 1.09 bits per heavy atom. The van der Waals surface area contributed by atoms with E-state index in [0.717, 1.165) is 16.7 Å². The summed E-state index contributed by atoms with van der Waals surface area (Å²) in [6, 6.07) is 15.9. The molecule has 0 saturated carbocycles. The van der Waals surface area contributed by atoms with Gasteiger partial charge in [-0.2, -0.15) is 0 Å². The maximum absolute atomic E-state index is 12.0. The van der Waals surface area contributed by atoms with Crippen LogP contribution in [0, 0.1) is 6.92 Å². The number of esters is 1. The molecule has 2 aromatic carbocycles. The number of nitrogens with zero attached hydrogens (tertiary/aromatic N) is 1. The Morgan fingerprint density at radius 2 is 1.83 bits per heavy atom. The van der Waals surface area contributed by atoms with Gasteiger partial charge in [-0.05, 0) is 42.2 Å². The molecule has 0 atom stereocenters. The molecule has 0 spiro atoms. The molecule has 0 aliphatic carbocycles. The van der Waals surface area contributed by atoms with Gasteiger partial charge in [-0.25, -0.2) is 9.79 Å². The highest BCUT2D eigenvalue weighted by Gasteiger charge is 2.24. The zero-order chi connectivity index (χ0) is 16.4. The summed E-state index contributed by atoms with van der Waals surface area (Å²) < 4.78 is 5.29. The first-order chi connectivity index (χ1) is 11.0. The van der Waals surface area contributed by atoms with Gasteiger partial charge in [0.05, 0.1) is 0 Å². The Morgan fingerprint density at radius 3 is 2.48 bits per heavy atom. The number of ether oxygens (including phenoxy) is 1. The SMILES string of the molecule is Cc1cccc(C2=NC(=Cc3ccc(C(C)C)cc3)C(=O)O2)c1. The molecule has 1 heterocycles. The average Bonchev–Trinajstić information content (AvgIpc) is 2.89. The maximum atomic E-state index is 12.0. The minimum Gasteiger partial charge on any atom is -0.402 e. The molecular formula is C20H19NO2. The van der Waals surface area contributed by atoms with E-state index in [4.69, 9.17) is 4.74 Å². The molecule has 1 aliphatic heterocycles. The molecule has 3 heteroatoms. The van der Waals surface area contributed by atoms with Gasteiger partial charge in [0.15, 0.2) is 5.70 Å². The molecular weight excluding hydrogens is 286 g/mol. The normalized spacial score (nSPS) is 15.9. The second-order valence-corrected chi connectivity index (χ2v) is 6.03. The number of hydrogen-bond acceptors (Lipinski definition) is 3. The van der Waals surface area contributed by atoms with Crippen molar-refractivity contribution < 1.29 is 9.53 Å². The molecule has 3 rings (SSSR count). The molecule has 0 saturated heterocycles. The van der Waals surface area contributed by atoms with E-state index in [-0.39, 0.29) is 0 Å². The quantitative estimate of drug-likeness (QED) is 0.620. The summed E-state index contributed by atoms with van der Waals surface area (Å²) >= 11 is 0. The zero-order valence-corrected chi connectivity index (χ0v) is 13.5. The first-order valence-electron chi connectivity index (χ1n) is 7.72. The predicted molar refractivity (Wildman–Crippen MR) is 92.3 cm³/mol. The van der Waals surface area contributed by atoms with Crippen LogP contribution in [0.15, 0.2) is 59.2 Å². The van der Waals surface area contributed by atoms with Crippen molar-refractivity contribution in [3.05, 3.63) is 76.5 Å².